The SMILES string of the molecule is Cc1cccc(-n2nc(C(C)C)c3c(N4CC5CN(CC#N)CC5C4)cc(C(=O)O)nc32)c1. The molecule has 0 spiro atoms. The van der Waals surface area contributed by atoms with Gasteiger partial charge in [0.15, 0.2) is 11.3 Å². The molecule has 2 saturated heterocycles. The first-order valence-corrected chi connectivity index (χ1v) is 11.4. The number of likely N-dealkylation sites (tertiary alicyclic amines) is 1. The monoisotopic (exact) mass is 444 g/mol. The molecule has 5 rings (SSSR count). The van der Waals surface area contributed by atoms with E-state index in [1.807, 2.05) is 31.2 Å². The van der Waals surface area contributed by atoms with Gasteiger partial charge in [-0.3, -0.25) is 4.90 Å². The highest BCUT2D eigenvalue weighted by molar-refractivity contribution is 5.98. The molecule has 2 unspecified atom stereocenters. The Labute approximate surface area is 193 Å². The molecule has 170 valence electrons. The normalized spacial score (nSPS) is 20.5. The molecule has 8 nitrogen and oxygen atoms in total. The molecular formula is C25H28N6O2. The summed E-state index contributed by atoms with van der Waals surface area (Å²) in [4.78, 5) is 21.1. The van der Waals surface area contributed by atoms with Gasteiger partial charge in [0.2, 0.25) is 0 Å². The van der Waals surface area contributed by atoms with Gasteiger partial charge >= 0.3 is 5.97 Å². The second kappa shape index (κ2) is 8.16. The van der Waals surface area contributed by atoms with E-state index in [1.54, 1.807) is 10.7 Å². The fourth-order valence-corrected chi connectivity index (χ4v) is 5.34. The Kier molecular flexibility index (Phi) is 5.29. The van der Waals surface area contributed by atoms with E-state index in [1.165, 1.54) is 0 Å². The third kappa shape index (κ3) is 3.72. The van der Waals surface area contributed by atoms with Gasteiger partial charge in [-0.15, -0.1) is 0 Å². The Morgan fingerprint density at radius 2 is 1.94 bits per heavy atom. The highest BCUT2D eigenvalue weighted by Crippen LogP contribution is 2.40. The zero-order chi connectivity index (χ0) is 23.3. The van der Waals surface area contributed by atoms with Crippen molar-refractivity contribution >= 4 is 22.7 Å². The number of benzene rings is 1. The second-order valence-corrected chi connectivity index (χ2v) is 9.60. The molecular weight excluding hydrogens is 416 g/mol. The summed E-state index contributed by atoms with van der Waals surface area (Å²) in [7, 11) is 0. The number of carbonyl (C=O) groups is 1. The predicted octanol–water partition coefficient (Wildman–Crippen LogP) is 3.44. The largest absolute Gasteiger partial charge is 0.477 e. The number of pyridine rings is 1. The van der Waals surface area contributed by atoms with E-state index >= 15 is 0 Å². The van der Waals surface area contributed by atoms with Crippen LogP contribution < -0.4 is 4.90 Å². The van der Waals surface area contributed by atoms with E-state index in [0.717, 1.165) is 54.2 Å². The van der Waals surface area contributed by atoms with Gasteiger partial charge in [-0.2, -0.15) is 10.4 Å². The van der Waals surface area contributed by atoms with Crippen molar-refractivity contribution in [3.8, 4) is 11.8 Å². The fourth-order valence-electron chi connectivity index (χ4n) is 5.34. The minimum atomic E-state index is -1.04. The van der Waals surface area contributed by atoms with Crippen LogP contribution in [-0.2, 0) is 0 Å². The van der Waals surface area contributed by atoms with Gasteiger partial charge in [0, 0.05) is 26.2 Å². The summed E-state index contributed by atoms with van der Waals surface area (Å²) in [5.41, 5.74) is 4.42. The van der Waals surface area contributed by atoms with E-state index in [2.05, 4.69) is 34.7 Å². The standard InChI is InChI=1S/C25H28N6O2/c1-15(2)23-22-21(30-13-17-11-29(8-7-26)12-18(17)14-30)10-20(25(32)33)27-24(22)31(28-23)19-6-4-5-16(3)9-19/h4-6,9-10,15,17-18H,8,11-14H2,1-3H3,(H,32,33). The lowest BCUT2D eigenvalue weighted by Gasteiger charge is -2.23. The van der Waals surface area contributed by atoms with Crippen LogP contribution in [0.25, 0.3) is 16.7 Å². The van der Waals surface area contributed by atoms with Crippen molar-refractivity contribution in [2.75, 3.05) is 37.6 Å². The summed E-state index contributed by atoms with van der Waals surface area (Å²) >= 11 is 0. The predicted molar refractivity (Wildman–Crippen MR) is 126 cm³/mol. The van der Waals surface area contributed by atoms with Crippen LogP contribution in [0.4, 0.5) is 5.69 Å². The average Bonchev–Trinajstić information content (AvgIpc) is 3.44. The van der Waals surface area contributed by atoms with Crippen molar-refractivity contribution in [1.29, 1.82) is 5.26 Å². The Morgan fingerprint density at radius 1 is 1.21 bits per heavy atom. The molecule has 1 aromatic carbocycles. The summed E-state index contributed by atoms with van der Waals surface area (Å²) in [6.45, 7) is 10.2. The lowest BCUT2D eigenvalue weighted by atomic mass is 10.0. The van der Waals surface area contributed by atoms with Crippen LogP contribution in [0.15, 0.2) is 30.3 Å². The highest BCUT2D eigenvalue weighted by atomic mass is 16.4. The fraction of sp³-hybridized carbons (Fsp3) is 0.440. The van der Waals surface area contributed by atoms with Crippen molar-refractivity contribution in [2.24, 2.45) is 11.8 Å². The number of nitrogens with zero attached hydrogens (tertiary/aromatic N) is 6. The number of anilines is 1. The van der Waals surface area contributed by atoms with Crippen LogP contribution in [0.2, 0.25) is 0 Å². The highest BCUT2D eigenvalue weighted by Gasteiger charge is 2.41. The quantitative estimate of drug-likeness (QED) is 0.602. The Hall–Kier alpha value is -3.44. The van der Waals surface area contributed by atoms with Crippen LogP contribution in [0.1, 0.15) is 41.5 Å². The first-order chi connectivity index (χ1) is 15.9. The van der Waals surface area contributed by atoms with Crippen LogP contribution in [0.3, 0.4) is 0 Å². The van der Waals surface area contributed by atoms with Crippen LogP contribution in [0, 0.1) is 30.1 Å². The smallest absolute Gasteiger partial charge is 0.354 e. The molecule has 0 bridgehead atoms. The number of carboxylic acid groups (broad SMARTS) is 1. The number of carboxylic acids is 1. The molecule has 2 aromatic heterocycles. The molecule has 33 heavy (non-hydrogen) atoms. The van der Waals surface area contributed by atoms with Gasteiger partial charge in [-0.1, -0.05) is 26.0 Å². The summed E-state index contributed by atoms with van der Waals surface area (Å²) in [5, 5.41) is 24.8. The van der Waals surface area contributed by atoms with E-state index in [0.29, 0.717) is 24.0 Å². The maximum absolute atomic E-state index is 12.0. The Morgan fingerprint density at radius 3 is 2.55 bits per heavy atom. The first-order valence-electron chi connectivity index (χ1n) is 11.4. The molecule has 2 aliphatic heterocycles. The summed E-state index contributed by atoms with van der Waals surface area (Å²) in [6.07, 6.45) is 0. The minimum Gasteiger partial charge on any atom is -0.477 e. The molecule has 2 atom stereocenters. The molecule has 1 N–H and O–H groups in total. The molecule has 0 radical (unpaired) electrons. The molecule has 0 aliphatic carbocycles. The summed E-state index contributed by atoms with van der Waals surface area (Å²) in [5.74, 6) is 0.0668. The topological polar surface area (TPSA) is 98.3 Å². The van der Waals surface area contributed by atoms with E-state index in [-0.39, 0.29) is 11.6 Å². The van der Waals surface area contributed by atoms with Crippen molar-refractivity contribution < 1.29 is 9.90 Å². The number of aromatic carboxylic acids is 1. The lowest BCUT2D eigenvalue weighted by Crippen LogP contribution is -2.29. The number of aromatic nitrogens is 3. The van der Waals surface area contributed by atoms with Gasteiger partial charge in [0.05, 0.1) is 35.1 Å². The Bertz CT molecular complexity index is 1260. The van der Waals surface area contributed by atoms with Gasteiger partial charge < -0.3 is 10.0 Å². The Balaban J connectivity index is 1.65. The molecule has 4 heterocycles. The van der Waals surface area contributed by atoms with Gasteiger partial charge in [0.1, 0.15) is 0 Å². The van der Waals surface area contributed by atoms with Crippen LogP contribution in [-0.4, -0.2) is 63.5 Å². The first kappa shape index (κ1) is 21.4. The van der Waals surface area contributed by atoms with Gasteiger partial charge in [-0.05, 0) is 48.4 Å². The van der Waals surface area contributed by atoms with Crippen molar-refractivity contribution in [2.45, 2.75) is 26.7 Å². The minimum absolute atomic E-state index is 0.0322. The summed E-state index contributed by atoms with van der Waals surface area (Å²) < 4.78 is 1.79. The third-order valence-electron chi connectivity index (χ3n) is 6.85. The van der Waals surface area contributed by atoms with Crippen molar-refractivity contribution in [3.05, 3.63) is 47.3 Å². The number of hydrogen-bond acceptors (Lipinski definition) is 6. The maximum Gasteiger partial charge on any atom is 0.354 e. The van der Waals surface area contributed by atoms with Crippen molar-refractivity contribution in [1.82, 2.24) is 19.7 Å². The van der Waals surface area contributed by atoms with Crippen LogP contribution in [0.5, 0.6) is 0 Å². The maximum atomic E-state index is 12.0. The second-order valence-electron chi connectivity index (χ2n) is 9.60. The number of nitriles is 1. The van der Waals surface area contributed by atoms with E-state index < -0.39 is 5.97 Å². The third-order valence-corrected chi connectivity index (χ3v) is 6.85. The van der Waals surface area contributed by atoms with E-state index in [9.17, 15) is 9.90 Å². The molecule has 3 aromatic rings. The van der Waals surface area contributed by atoms with Gasteiger partial charge in [0.25, 0.3) is 0 Å². The molecule has 2 fully saturated rings. The molecule has 0 amide bonds. The van der Waals surface area contributed by atoms with Crippen LogP contribution >= 0.6 is 0 Å². The van der Waals surface area contributed by atoms with E-state index in [4.69, 9.17) is 10.4 Å². The molecule has 8 heteroatoms. The lowest BCUT2D eigenvalue weighted by molar-refractivity contribution is 0.0691. The number of hydrogen-bond donors (Lipinski definition) is 1. The molecule has 2 aliphatic rings. The molecule has 0 saturated carbocycles. The zero-order valence-electron chi connectivity index (χ0n) is 19.2. The number of aryl methyl sites for hydroxylation is 1. The van der Waals surface area contributed by atoms with Crippen molar-refractivity contribution in [3.63, 3.8) is 0 Å². The zero-order valence-corrected chi connectivity index (χ0v) is 19.2. The van der Waals surface area contributed by atoms with Gasteiger partial charge in [-0.25, -0.2) is 14.5 Å². The average molecular weight is 445 g/mol. The summed E-state index contributed by atoms with van der Waals surface area (Å²) in [6, 6.07) is 12.0. The number of fused-ring (bicyclic) bond motifs is 2. The number of rotatable bonds is 5.